The molecule has 0 heterocycles. The highest BCUT2D eigenvalue weighted by atomic mass is 15.1. The highest BCUT2D eigenvalue weighted by molar-refractivity contribution is 6.17. The quantitative estimate of drug-likeness (QED) is 0.174. The first-order chi connectivity index (χ1) is 24.8. The first-order valence-corrected chi connectivity index (χ1v) is 17.4. The maximum atomic E-state index is 3.80. The van der Waals surface area contributed by atoms with E-state index in [9.17, 15) is 0 Å². The monoisotopic (exact) mass is 640 g/mol. The fourth-order valence-corrected chi connectivity index (χ4v) is 7.50. The van der Waals surface area contributed by atoms with Gasteiger partial charge >= 0.3 is 0 Å². The van der Waals surface area contributed by atoms with E-state index >= 15 is 0 Å². The predicted molar refractivity (Wildman–Crippen MR) is 214 cm³/mol. The molecule has 8 aromatic rings. The molecule has 0 atom stereocenters. The number of hydrogen-bond acceptors (Lipinski definition) is 2. The van der Waals surface area contributed by atoms with Gasteiger partial charge in [0.15, 0.2) is 0 Å². The van der Waals surface area contributed by atoms with Crippen LogP contribution in [0.3, 0.4) is 0 Å². The molecular weight excluding hydrogens is 605 g/mol. The van der Waals surface area contributed by atoms with E-state index in [1.807, 2.05) is 0 Å². The Hall–Kier alpha value is -6.38. The van der Waals surface area contributed by atoms with Crippen molar-refractivity contribution in [1.82, 2.24) is 0 Å². The maximum absolute atomic E-state index is 3.80. The summed E-state index contributed by atoms with van der Waals surface area (Å²) in [5, 5.41) is 9.06. The second kappa shape index (κ2) is 12.9. The van der Waals surface area contributed by atoms with Crippen LogP contribution in [-0.4, -0.2) is 0 Å². The molecule has 0 amide bonds. The van der Waals surface area contributed by atoms with Crippen LogP contribution in [0.25, 0.3) is 49.9 Å². The summed E-state index contributed by atoms with van der Waals surface area (Å²) in [6.07, 6.45) is 6.77. The zero-order valence-electron chi connectivity index (χ0n) is 27.8. The van der Waals surface area contributed by atoms with Crippen molar-refractivity contribution in [3.05, 3.63) is 193 Å². The van der Waals surface area contributed by atoms with E-state index in [1.165, 1.54) is 54.9 Å². The zero-order valence-corrected chi connectivity index (χ0v) is 27.8. The van der Waals surface area contributed by atoms with Crippen molar-refractivity contribution in [2.75, 3.05) is 10.2 Å². The topological polar surface area (TPSA) is 15.3 Å². The Morgan fingerprint density at radius 3 is 1.92 bits per heavy atom. The fourth-order valence-electron chi connectivity index (χ4n) is 7.50. The van der Waals surface area contributed by atoms with E-state index < -0.39 is 0 Å². The highest BCUT2D eigenvalue weighted by Gasteiger charge is 2.18. The summed E-state index contributed by atoms with van der Waals surface area (Å²) in [6.45, 7) is 0. The van der Waals surface area contributed by atoms with Crippen LogP contribution in [0.15, 0.2) is 182 Å². The molecule has 238 valence electrons. The molecule has 0 saturated carbocycles. The number of fused-ring (bicyclic) bond motifs is 5. The Balaban J connectivity index is 1.09. The second-order valence-electron chi connectivity index (χ2n) is 12.9. The van der Waals surface area contributed by atoms with E-state index in [0.29, 0.717) is 0 Å². The molecule has 0 fully saturated rings. The van der Waals surface area contributed by atoms with Gasteiger partial charge in [-0.25, -0.2) is 0 Å². The van der Waals surface area contributed by atoms with Gasteiger partial charge in [0.1, 0.15) is 0 Å². The number of hydrogen-bond donors (Lipinski definition) is 1. The number of nitrogens with one attached hydrogen (secondary N) is 1. The number of rotatable bonds is 7. The van der Waals surface area contributed by atoms with Crippen molar-refractivity contribution >= 4 is 56.1 Å². The zero-order chi connectivity index (χ0) is 33.3. The molecule has 0 spiro atoms. The van der Waals surface area contributed by atoms with Crippen molar-refractivity contribution in [2.24, 2.45) is 0 Å². The van der Waals surface area contributed by atoms with Gasteiger partial charge in [0, 0.05) is 34.0 Å². The van der Waals surface area contributed by atoms with Gasteiger partial charge in [-0.15, -0.1) is 0 Å². The summed E-state index contributed by atoms with van der Waals surface area (Å²) < 4.78 is 0. The van der Waals surface area contributed by atoms with Gasteiger partial charge in [-0.2, -0.15) is 0 Å². The number of para-hydroxylation sites is 2. The number of nitrogens with zero attached hydrogens (tertiary/aromatic N) is 1. The standard InChI is InChI=1S/C48H36N2/c1-3-13-34(14-4-1)35-23-28-40(29-24-35)50(39-17-5-2-6-18-39)41-30-26-38(27-31-41)49-47-22-12-11-21-44(47)46-33-37-16-8-9-19-42(37)45-32-25-36-15-7-10-20-43(36)48(45)46/h1-8,10-18,20-33,49H,9,19H2. The van der Waals surface area contributed by atoms with Gasteiger partial charge in [0.05, 0.1) is 0 Å². The second-order valence-corrected chi connectivity index (χ2v) is 12.9. The molecule has 0 saturated heterocycles. The SMILES string of the molecule is C1=Cc2cc(-c3ccccc3Nc3ccc(N(c4ccccc4)c4ccc(-c5ccccc5)cc4)cc3)c3c(ccc4ccccc43)c2CC1. The molecule has 50 heavy (non-hydrogen) atoms. The number of allylic oxidation sites excluding steroid dienone is 1. The Kier molecular flexibility index (Phi) is 7.68. The lowest BCUT2D eigenvalue weighted by atomic mass is 9.84. The minimum absolute atomic E-state index is 1.04. The van der Waals surface area contributed by atoms with E-state index in [-0.39, 0.29) is 0 Å². The Labute approximate surface area is 293 Å². The van der Waals surface area contributed by atoms with Crippen LogP contribution in [0, 0.1) is 0 Å². The Morgan fingerprint density at radius 1 is 0.480 bits per heavy atom. The van der Waals surface area contributed by atoms with Crippen LogP contribution in [-0.2, 0) is 6.42 Å². The average Bonchev–Trinajstić information content (AvgIpc) is 3.19. The minimum atomic E-state index is 1.04. The van der Waals surface area contributed by atoms with Gasteiger partial charge in [0.25, 0.3) is 0 Å². The Bertz CT molecular complexity index is 2480. The lowest BCUT2D eigenvalue weighted by molar-refractivity contribution is 0.998. The first-order valence-electron chi connectivity index (χ1n) is 17.4. The summed E-state index contributed by atoms with van der Waals surface area (Å²) in [6, 6.07) is 63.2. The third-order valence-corrected chi connectivity index (χ3v) is 9.90. The molecule has 1 aliphatic carbocycles. The summed E-state index contributed by atoms with van der Waals surface area (Å²) in [5.74, 6) is 0. The first kappa shape index (κ1) is 29.7. The molecular formula is C48H36N2. The van der Waals surface area contributed by atoms with E-state index in [1.54, 1.807) is 0 Å². The lowest BCUT2D eigenvalue weighted by Crippen LogP contribution is -2.09. The molecule has 9 rings (SSSR count). The van der Waals surface area contributed by atoms with Gasteiger partial charge in [0.2, 0.25) is 0 Å². The fraction of sp³-hybridized carbons (Fsp3) is 0.0417. The molecule has 2 nitrogen and oxygen atoms in total. The van der Waals surface area contributed by atoms with E-state index in [4.69, 9.17) is 0 Å². The summed E-state index contributed by atoms with van der Waals surface area (Å²) >= 11 is 0. The number of anilines is 5. The van der Waals surface area contributed by atoms with Gasteiger partial charge < -0.3 is 10.2 Å². The summed E-state index contributed by atoms with van der Waals surface area (Å²) in [7, 11) is 0. The van der Waals surface area contributed by atoms with Crippen LogP contribution < -0.4 is 10.2 Å². The molecule has 8 aromatic carbocycles. The Morgan fingerprint density at radius 2 is 1.12 bits per heavy atom. The molecule has 1 N–H and O–H groups in total. The molecule has 0 bridgehead atoms. The lowest BCUT2D eigenvalue weighted by Gasteiger charge is -2.26. The molecule has 0 aliphatic heterocycles. The number of aryl methyl sites for hydroxylation is 1. The smallest absolute Gasteiger partial charge is 0.0464 e. The van der Waals surface area contributed by atoms with Crippen molar-refractivity contribution in [1.29, 1.82) is 0 Å². The largest absolute Gasteiger partial charge is 0.355 e. The van der Waals surface area contributed by atoms with Gasteiger partial charge in [-0.3, -0.25) is 0 Å². The van der Waals surface area contributed by atoms with Crippen LogP contribution in [0.5, 0.6) is 0 Å². The molecule has 1 aliphatic rings. The molecule has 2 heteroatoms. The van der Waals surface area contributed by atoms with Crippen molar-refractivity contribution in [2.45, 2.75) is 12.8 Å². The van der Waals surface area contributed by atoms with Crippen LogP contribution in [0.4, 0.5) is 28.4 Å². The van der Waals surface area contributed by atoms with Crippen LogP contribution >= 0.6 is 0 Å². The third-order valence-electron chi connectivity index (χ3n) is 9.90. The highest BCUT2D eigenvalue weighted by Crippen LogP contribution is 2.43. The third kappa shape index (κ3) is 5.51. The normalized spacial score (nSPS) is 12.2. The summed E-state index contributed by atoms with van der Waals surface area (Å²) in [4.78, 5) is 2.31. The van der Waals surface area contributed by atoms with Gasteiger partial charge in [-0.05, 0) is 123 Å². The van der Waals surface area contributed by atoms with Crippen molar-refractivity contribution in [3.8, 4) is 22.3 Å². The van der Waals surface area contributed by atoms with Crippen molar-refractivity contribution < 1.29 is 0 Å². The maximum Gasteiger partial charge on any atom is 0.0464 e. The van der Waals surface area contributed by atoms with E-state index in [0.717, 1.165) is 41.3 Å². The van der Waals surface area contributed by atoms with Gasteiger partial charge in [-0.1, -0.05) is 127 Å². The van der Waals surface area contributed by atoms with Crippen LogP contribution in [0.2, 0.25) is 0 Å². The van der Waals surface area contributed by atoms with Crippen LogP contribution in [0.1, 0.15) is 17.5 Å². The molecule has 0 aromatic heterocycles. The average molecular weight is 641 g/mol. The number of benzene rings is 8. The summed E-state index contributed by atoms with van der Waals surface area (Å²) in [5.41, 5.74) is 13.1. The van der Waals surface area contributed by atoms with Crippen molar-refractivity contribution in [3.63, 3.8) is 0 Å². The molecule has 0 unspecified atom stereocenters. The minimum Gasteiger partial charge on any atom is -0.355 e. The predicted octanol–water partition coefficient (Wildman–Crippen LogP) is 13.5. The molecule has 0 radical (unpaired) electrons. The van der Waals surface area contributed by atoms with E-state index in [2.05, 4.69) is 198 Å².